The first-order valence-electron chi connectivity index (χ1n) is 14.0. The number of nitrogens with zero attached hydrogens (tertiary/aromatic N) is 1. The van der Waals surface area contributed by atoms with Crippen LogP contribution in [0.25, 0.3) is 43.5 Å². The first kappa shape index (κ1) is 25.2. The lowest BCUT2D eigenvalue weighted by molar-refractivity contribution is 0.139. The molecule has 4 nitrogen and oxygen atoms in total. The highest BCUT2D eigenvalue weighted by atomic mass is 31.1. The molecule has 0 N–H and O–H groups in total. The van der Waals surface area contributed by atoms with Crippen molar-refractivity contribution in [2.75, 3.05) is 4.67 Å². The predicted molar refractivity (Wildman–Crippen MR) is 168 cm³/mol. The predicted octanol–water partition coefficient (Wildman–Crippen LogP) is 10.0. The monoisotopic (exact) mass is 553 g/mol. The number of hydrogen-bond acceptors (Lipinski definition) is 4. The Morgan fingerprint density at radius 1 is 0.744 bits per heavy atom. The number of hydrogen-bond donors (Lipinski definition) is 0. The molecule has 1 unspecified atom stereocenters. The number of fused-ring (bicyclic) bond motifs is 9. The second-order valence-electron chi connectivity index (χ2n) is 12.6. The zero-order valence-corrected chi connectivity index (χ0v) is 25.2. The maximum Gasteiger partial charge on any atom is 0.310 e. The molecule has 5 aromatic rings. The molecule has 0 aliphatic carbocycles. The Kier molecular flexibility index (Phi) is 5.88. The van der Waals surface area contributed by atoms with Crippen LogP contribution in [0.5, 0.6) is 0 Å². The minimum atomic E-state index is -1.84. The lowest BCUT2D eigenvalue weighted by Crippen LogP contribution is -2.50. The third-order valence-electron chi connectivity index (χ3n) is 9.08. The molecule has 3 heterocycles. The van der Waals surface area contributed by atoms with Crippen molar-refractivity contribution >= 4 is 60.0 Å². The van der Waals surface area contributed by atoms with Gasteiger partial charge in [-0.15, -0.1) is 0 Å². The molecule has 3 atom stereocenters. The highest BCUT2D eigenvalue weighted by Crippen LogP contribution is 2.48. The highest BCUT2D eigenvalue weighted by Gasteiger charge is 2.45. The third kappa shape index (κ3) is 4.19. The molecule has 0 spiro atoms. The van der Waals surface area contributed by atoms with E-state index in [1.807, 2.05) is 0 Å². The van der Waals surface area contributed by atoms with Gasteiger partial charge in [-0.25, -0.2) is 0 Å². The largest absolute Gasteiger partial charge is 0.414 e. The molecule has 1 saturated heterocycles. The van der Waals surface area contributed by atoms with E-state index in [4.69, 9.17) is 12.8 Å². The van der Waals surface area contributed by atoms with Crippen LogP contribution in [-0.2, 0) is 4.43 Å². The van der Waals surface area contributed by atoms with Gasteiger partial charge in [0, 0.05) is 29.0 Å². The summed E-state index contributed by atoms with van der Waals surface area (Å²) in [4.78, 5) is 0. The molecule has 0 amide bonds. The van der Waals surface area contributed by atoms with Crippen molar-refractivity contribution in [3.63, 3.8) is 0 Å². The van der Waals surface area contributed by atoms with Crippen molar-refractivity contribution in [3.8, 4) is 0 Å². The quantitative estimate of drug-likeness (QED) is 0.165. The summed E-state index contributed by atoms with van der Waals surface area (Å²) < 4.78 is 23.2. The van der Waals surface area contributed by atoms with Crippen LogP contribution >= 0.6 is 8.16 Å². The molecule has 6 heteroatoms. The van der Waals surface area contributed by atoms with Crippen molar-refractivity contribution in [2.24, 2.45) is 0 Å². The summed E-state index contributed by atoms with van der Waals surface area (Å²) in [6.45, 7) is 11.7. The van der Waals surface area contributed by atoms with Gasteiger partial charge in [-0.05, 0) is 64.7 Å². The van der Waals surface area contributed by atoms with E-state index in [9.17, 15) is 0 Å². The summed E-state index contributed by atoms with van der Waals surface area (Å²) in [5.74, 6) is 0. The molecule has 2 aliphatic heterocycles. The van der Waals surface area contributed by atoms with E-state index in [1.54, 1.807) is 0 Å². The van der Waals surface area contributed by atoms with Crippen molar-refractivity contribution in [1.29, 1.82) is 0 Å². The molecule has 0 radical (unpaired) electrons. The van der Waals surface area contributed by atoms with Crippen molar-refractivity contribution in [2.45, 2.75) is 69.9 Å². The average Bonchev–Trinajstić information content (AvgIpc) is 3.06. The second kappa shape index (κ2) is 9.11. The van der Waals surface area contributed by atoms with Crippen LogP contribution in [0.3, 0.4) is 0 Å². The van der Waals surface area contributed by atoms with E-state index in [-0.39, 0.29) is 23.2 Å². The fraction of sp³-hybridized carbons (Fsp3) is 0.333. The van der Waals surface area contributed by atoms with Crippen LogP contribution < -0.4 is 4.67 Å². The Labute approximate surface area is 232 Å². The van der Waals surface area contributed by atoms with Gasteiger partial charge < -0.3 is 12.8 Å². The van der Waals surface area contributed by atoms with Gasteiger partial charge in [0.1, 0.15) is 11.2 Å². The van der Waals surface area contributed by atoms with E-state index in [0.717, 1.165) is 34.8 Å². The normalized spacial score (nSPS) is 21.9. The Morgan fingerprint density at radius 3 is 1.72 bits per heavy atom. The van der Waals surface area contributed by atoms with E-state index >= 15 is 0 Å². The van der Waals surface area contributed by atoms with Gasteiger partial charge in [0.2, 0.25) is 0 Å². The van der Waals surface area contributed by atoms with Gasteiger partial charge in [0.15, 0.2) is 8.32 Å². The molecule has 1 fully saturated rings. The summed E-state index contributed by atoms with van der Waals surface area (Å²) >= 11 is 0. The van der Waals surface area contributed by atoms with E-state index in [1.165, 1.54) is 21.5 Å². The molecule has 200 valence electrons. The van der Waals surface area contributed by atoms with Gasteiger partial charge in [0.05, 0.1) is 0 Å². The van der Waals surface area contributed by atoms with Crippen molar-refractivity contribution in [1.82, 2.24) is 0 Å². The van der Waals surface area contributed by atoms with Crippen LogP contribution in [0, 0.1) is 0 Å². The summed E-state index contributed by atoms with van der Waals surface area (Å²) in [6.07, 6.45) is 6.91. The Hall–Kier alpha value is -2.82. The average molecular weight is 554 g/mol. The van der Waals surface area contributed by atoms with Gasteiger partial charge in [-0.3, -0.25) is 0 Å². The lowest BCUT2D eigenvalue weighted by atomic mass is 9.99. The molecule has 2 bridgehead atoms. The topological polar surface area (TPSA) is 38.8 Å². The fourth-order valence-corrected chi connectivity index (χ4v) is 9.14. The Morgan fingerprint density at radius 2 is 1.23 bits per heavy atom. The summed E-state index contributed by atoms with van der Waals surface area (Å²) in [7, 11) is -3.21. The molecule has 2 aliphatic rings. The van der Waals surface area contributed by atoms with Crippen LogP contribution in [0.1, 0.15) is 33.6 Å². The van der Waals surface area contributed by atoms with Crippen LogP contribution in [-0.4, -0.2) is 26.5 Å². The first-order valence-corrected chi connectivity index (χ1v) is 18.1. The van der Waals surface area contributed by atoms with E-state index in [2.05, 4.69) is 123 Å². The number of benzene rings is 4. The van der Waals surface area contributed by atoms with Gasteiger partial charge in [-0.2, -0.15) is 4.67 Å². The van der Waals surface area contributed by atoms with Gasteiger partial charge >= 0.3 is 8.16 Å². The van der Waals surface area contributed by atoms with Crippen LogP contribution in [0.4, 0.5) is 0 Å². The zero-order chi connectivity index (χ0) is 26.9. The Bertz CT molecular complexity index is 1690. The van der Waals surface area contributed by atoms with Crippen LogP contribution in [0.15, 0.2) is 93.3 Å². The molecule has 39 heavy (non-hydrogen) atoms. The second-order valence-corrected chi connectivity index (χ2v) is 18.7. The fourth-order valence-electron chi connectivity index (χ4n) is 6.07. The minimum absolute atomic E-state index is 0.202. The van der Waals surface area contributed by atoms with Crippen molar-refractivity contribution < 1.29 is 12.8 Å². The number of rotatable bonds is 3. The molecular weight excluding hydrogens is 517 g/mol. The SMILES string of the molecule is CC(C)(C)[Si](C)(C)OC1C[C@H]2C=C[C@@H](C1)N2p1oc2ccc3ccccc3c2c2c(ccc3ccccc32)o1. The molecular formula is C33H36NO3PSi. The summed E-state index contributed by atoms with van der Waals surface area (Å²) in [5.41, 5.74) is 1.79. The maximum absolute atomic E-state index is 6.90. The first-order chi connectivity index (χ1) is 18.7. The van der Waals surface area contributed by atoms with E-state index < -0.39 is 16.5 Å². The molecule has 0 saturated carbocycles. The van der Waals surface area contributed by atoms with E-state index in [0.29, 0.717) is 0 Å². The van der Waals surface area contributed by atoms with Gasteiger partial charge in [0.25, 0.3) is 0 Å². The molecule has 7 rings (SSSR count). The smallest absolute Gasteiger partial charge is 0.310 e. The van der Waals surface area contributed by atoms with Gasteiger partial charge in [-0.1, -0.05) is 93.6 Å². The minimum Gasteiger partial charge on any atom is -0.414 e. The van der Waals surface area contributed by atoms with Crippen LogP contribution in [0.2, 0.25) is 18.1 Å². The Balaban J connectivity index is 1.40. The summed E-state index contributed by atoms with van der Waals surface area (Å²) in [6, 6.07) is 26.3. The molecule has 1 aromatic heterocycles. The lowest BCUT2D eigenvalue weighted by Gasteiger charge is -2.43. The number of piperidine rings is 1. The maximum atomic E-state index is 6.90. The zero-order valence-electron chi connectivity index (χ0n) is 23.3. The standard InChI is InChI=1S/C33H36NO3PSi/c1-33(2,3)39(4,5)37-26-20-24-16-17-25(21-26)34(24)38-35-29-18-14-22-10-6-8-12-27(22)31(29)32-28-13-9-7-11-23(28)15-19-30(32)36-38/h6-19,24-26H,20-21H2,1-5H3/t24-,25+,26?. The van der Waals surface area contributed by atoms with Crippen molar-refractivity contribution in [3.05, 3.63) is 84.9 Å². The highest BCUT2D eigenvalue weighted by molar-refractivity contribution is 7.39. The third-order valence-corrected chi connectivity index (χ3v) is 15.3. The summed E-state index contributed by atoms with van der Waals surface area (Å²) in [5, 5.41) is 7.24. The molecule has 4 aromatic carbocycles.